The Morgan fingerprint density at radius 1 is 0.885 bits per heavy atom. The third kappa shape index (κ3) is 10.5. The Morgan fingerprint density at radius 2 is 1.56 bits per heavy atom. The Balaban J connectivity index is 1.63. The molecule has 0 aliphatic rings. The molecule has 0 aliphatic carbocycles. The van der Waals surface area contributed by atoms with Gasteiger partial charge in [-0.3, -0.25) is 4.79 Å². The highest BCUT2D eigenvalue weighted by molar-refractivity contribution is 6.01. The van der Waals surface area contributed by atoms with Crippen molar-refractivity contribution < 1.29 is 33.0 Å². The Hall–Kier alpha value is -5.52. The van der Waals surface area contributed by atoms with Gasteiger partial charge in [-0.15, -0.1) is 5.10 Å². The minimum atomic E-state index is -0.790. The summed E-state index contributed by atoms with van der Waals surface area (Å²) in [6, 6.07) is 18.7. The smallest absolute Gasteiger partial charge is 0.435 e. The van der Waals surface area contributed by atoms with E-state index >= 15 is 4.39 Å². The Bertz CT molecular complexity index is 1940. The van der Waals surface area contributed by atoms with Crippen LogP contribution in [0.25, 0.3) is 22.0 Å². The van der Waals surface area contributed by atoms with E-state index in [0.717, 1.165) is 27.0 Å². The summed E-state index contributed by atoms with van der Waals surface area (Å²) in [6.07, 6.45) is 4.06. The second-order valence-electron chi connectivity index (χ2n) is 14.3. The summed E-state index contributed by atoms with van der Waals surface area (Å²) < 4.78 is 33.2. The number of halogens is 1. The van der Waals surface area contributed by atoms with Crippen molar-refractivity contribution in [3.8, 4) is 5.88 Å². The molecule has 0 fully saturated rings. The quantitative estimate of drug-likeness (QED) is 0.114. The number of nitrogens with zero attached hydrogens (tertiary/aromatic N) is 5. The molecular weight excluding hydrogens is 665 g/mol. The van der Waals surface area contributed by atoms with Crippen molar-refractivity contribution in [2.45, 2.75) is 66.1 Å². The molecule has 52 heavy (non-hydrogen) atoms. The fraction of sp³-hybridized carbons (Fsp3) is 0.375. The molecule has 276 valence electrons. The number of amides is 2. The molecule has 2 heterocycles. The molecule has 2 aromatic carbocycles. The van der Waals surface area contributed by atoms with E-state index in [1.807, 2.05) is 42.5 Å². The number of hydrogen-bond donors (Lipinski definition) is 0. The van der Waals surface area contributed by atoms with Crippen LogP contribution in [0.15, 0.2) is 79.0 Å². The normalized spacial score (nSPS) is 12.4. The van der Waals surface area contributed by atoms with Crippen LogP contribution >= 0.6 is 0 Å². The number of allylic oxidation sites excluding steroid dienone is 1. The molecule has 0 N–H and O–H groups in total. The van der Waals surface area contributed by atoms with E-state index in [2.05, 4.69) is 17.0 Å². The molecule has 2 aromatic heterocycles. The molecule has 11 nitrogen and oxygen atoms in total. The molecule has 0 unspecified atom stereocenters. The van der Waals surface area contributed by atoms with Gasteiger partial charge in [0, 0.05) is 44.5 Å². The van der Waals surface area contributed by atoms with E-state index in [0.29, 0.717) is 17.9 Å². The largest absolute Gasteiger partial charge is 0.476 e. The van der Waals surface area contributed by atoms with Crippen molar-refractivity contribution in [3.63, 3.8) is 0 Å². The predicted octanol–water partition coefficient (Wildman–Crippen LogP) is 7.98. The summed E-state index contributed by atoms with van der Waals surface area (Å²) in [7, 11) is 3.30. The Kier molecular flexibility index (Phi) is 12.6. The minimum Gasteiger partial charge on any atom is -0.476 e. The number of carbonyl (C=O) groups is 3. The predicted molar refractivity (Wildman–Crippen MR) is 199 cm³/mol. The lowest BCUT2D eigenvalue weighted by atomic mass is 9.88. The van der Waals surface area contributed by atoms with Gasteiger partial charge in [-0.1, -0.05) is 49.4 Å². The summed E-state index contributed by atoms with van der Waals surface area (Å²) in [5, 5.41) is 4.03. The molecular formula is C40H48FN5O6. The van der Waals surface area contributed by atoms with E-state index in [4.69, 9.17) is 14.2 Å². The molecule has 0 saturated heterocycles. The number of rotatable bonds is 11. The zero-order chi connectivity index (χ0) is 38.2. The van der Waals surface area contributed by atoms with Crippen molar-refractivity contribution in [2.75, 3.05) is 33.8 Å². The van der Waals surface area contributed by atoms with Crippen LogP contribution in [0, 0.1) is 5.95 Å². The van der Waals surface area contributed by atoms with Gasteiger partial charge in [-0.2, -0.15) is 9.07 Å². The lowest BCUT2D eigenvalue weighted by molar-refractivity contribution is -0.123. The molecule has 2 amide bonds. The van der Waals surface area contributed by atoms with Crippen molar-refractivity contribution in [2.24, 2.45) is 0 Å². The van der Waals surface area contributed by atoms with Gasteiger partial charge in [0.1, 0.15) is 17.8 Å². The molecule has 0 bridgehead atoms. The van der Waals surface area contributed by atoms with Gasteiger partial charge >= 0.3 is 12.2 Å². The number of carbonyl (C=O) groups excluding carboxylic acids is 3. The van der Waals surface area contributed by atoms with Gasteiger partial charge in [0.15, 0.2) is 0 Å². The van der Waals surface area contributed by atoms with Gasteiger partial charge < -0.3 is 24.0 Å². The highest BCUT2D eigenvalue weighted by Crippen LogP contribution is 2.36. The maximum absolute atomic E-state index is 15.3. The van der Waals surface area contributed by atoms with Crippen molar-refractivity contribution in [3.05, 3.63) is 102 Å². The number of aromatic nitrogens is 3. The first-order valence-corrected chi connectivity index (χ1v) is 17.1. The van der Waals surface area contributed by atoms with Crippen LogP contribution in [-0.4, -0.2) is 87.7 Å². The zero-order valence-electron chi connectivity index (χ0n) is 31.4. The molecule has 0 atom stereocenters. The first-order chi connectivity index (χ1) is 24.5. The van der Waals surface area contributed by atoms with Gasteiger partial charge in [-0.25, -0.2) is 14.6 Å². The first kappa shape index (κ1) is 39.3. The van der Waals surface area contributed by atoms with E-state index in [9.17, 15) is 14.4 Å². The van der Waals surface area contributed by atoms with E-state index in [-0.39, 0.29) is 36.5 Å². The Morgan fingerprint density at radius 3 is 2.15 bits per heavy atom. The van der Waals surface area contributed by atoms with E-state index in [1.165, 1.54) is 15.9 Å². The van der Waals surface area contributed by atoms with Gasteiger partial charge in [0.2, 0.25) is 17.7 Å². The fourth-order valence-corrected chi connectivity index (χ4v) is 5.25. The van der Waals surface area contributed by atoms with Crippen LogP contribution in [0.1, 0.15) is 71.6 Å². The second kappa shape index (κ2) is 16.7. The lowest BCUT2D eigenvalue weighted by Crippen LogP contribution is -2.39. The lowest BCUT2D eigenvalue weighted by Gasteiger charge is -2.26. The van der Waals surface area contributed by atoms with Crippen molar-refractivity contribution in [1.29, 1.82) is 0 Å². The van der Waals surface area contributed by atoms with Crippen LogP contribution in [0.2, 0.25) is 0 Å². The van der Waals surface area contributed by atoms with Crippen LogP contribution in [-0.2, 0) is 14.3 Å². The highest BCUT2D eigenvalue weighted by Gasteiger charge is 2.24. The van der Waals surface area contributed by atoms with Crippen LogP contribution in [0.4, 0.5) is 14.0 Å². The topological polar surface area (TPSA) is 116 Å². The average molecular weight is 714 g/mol. The summed E-state index contributed by atoms with van der Waals surface area (Å²) in [4.78, 5) is 45.2. The average Bonchev–Trinajstić information content (AvgIpc) is 3.41. The molecule has 0 aliphatic heterocycles. The number of hydrogen-bond acceptors (Lipinski definition) is 8. The minimum absolute atomic E-state index is 0.117. The number of fused-ring (bicyclic) bond motifs is 1. The summed E-state index contributed by atoms with van der Waals surface area (Å²) in [5.74, 6) is -0.650. The maximum atomic E-state index is 15.3. The summed E-state index contributed by atoms with van der Waals surface area (Å²) >= 11 is 0. The molecule has 12 heteroatoms. The monoisotopic (exact) mass is 713 g/mol. The third-order valence-corrected chi connectivity index (χ3v) is 7.58. The van der Waals surface area contributed by atoms with Gasteiger partial charge in [-0.05, 0) is 88.4 Å². The highest BCUT2D eigenvalue weighted by atomic mass is 19.1. The standard InChI is InChI=1S/C40H48FN5O6/c1-10-30(27-15-12-11-13-16-27)35(28-18-20-32-31(25-28)36(41)43-46(32)38(49)52-40(5,6)7)29-19-21-33(42-26-29)50-24-23-45(37(48)51-39(2,3)4)22-14-17-34(47)44(8)9/h11-21,25-26H,10,22-24H2,1-9H3/b17-14+,35-30-. The van der Waals surface area contributed by atoms with E-state index in [1.54, 1.807) is 86.1 Å². The van der Waals surface area contributed by atoms with Crippen LogP contribution in [0.5, 0.6) is 5.88 Å². The summed E-state index contributed by atoms with van der Waals surface area (Å²) in [5.41, 5.74) is 3.10. The first-order valence-electron chi connectivity index (χ1n) is 17.1. The number of likely N-dealkylation sites (N-methyl/N-ethyl adjacent to an activating group) is 1. The van der Waals surface area contributed by atoms with Crippen LogP contribution in [0.3, 0.4) is 0 Å². The SMILES string of the molecule is CC/C(=C(/c1ccc(OCCN(C/C=C/C(=O)N(C)C)C(=O)OC(C)(C)C)nc1)c1ccc2c(c1)c(F)nn2C(=O)OC(C)(C)C)c1ccccc1. The van der Waals surface area contributed by atoms with E-state index < -0.39 is 29.3 Å². The maximum Gasteiger partial charge on any atom is 0.435 e. The number of ether oxygens (including phenoxy) is 3. The molecule has 0 saturated carbocycles. The van der Waals surface area contributed by atoms with Crippen LogP contribution < -0.4 is 4.74 Å². The van der Waals surface area contributed by atoms with Gasteiger partial charge in [0.05, 0.1) is 17.4 Å². The number of benzene rings is 2. The zero-order valence-corrected chi connectivity index (χ0v) is 31.4. The molecule has 4 aromatic rings. The molecule has 0 radical (unpaired) electrons. The summed E-state index contributed by atoms with van der Waals surface area (Å²) in [6.45, 7) is 13.1. The second-order valence-corrected chi connectivity index (χ2v) is 14.3. The Labute approximate surface area is 304 Å². The fourth-order valence-electron chi connectivity index (χ4n) is 5.25. The van der Waals surface area contributed by atoms with Crippen molar-refractivity contribution in [1.82, 2.24) is 24.6 Å². The molecule has 4 rings (SSSR count). The van der Waals surface area contributed by atoms with Gasteiger partial charge in [0.25, 0.3) is 0 Å². The number of pyridine rings is 1. The van der Waals surface area contributed by atoms with Crippen molar-refractivity contribution >= 4 is 40.1 Å². The molecule has 0 spiro atoms. The third-order valence-electron chi connectivity index (χ3n) is 7.58.